The second-order valence-corrected chi connectivity index (χ2v) is 7.46. The van der Waals surface area contributed by atoms with Crippen molar-refractivity contribution in [2.24, 2.45) is 0 Å². The van der Waals surface area contributed by atoms with Crippen molar-refractivity contribution < 1.29 is 0 Å². The van der Waals surface area contributed by atoms with Gasteiger partial charge in [-0.1, -0.05) is 48.5 Å². The first-order chi connectivity index (χ1) is 6.95. The van der Waals surface area contributed by atoms with Crippen LogP contribution in [0.5, 0.6) is 0 Å². The standard InChI is InChI=1S/C11H16Cl2NP/c1-8(2)9-6-5-7-10(14(3)4)11(9)15(12)13/h5-8H,1-4H3. The van der Waals surface area contributed by atoms with Crippen molar-refractivity contribution in [3.05, 3.63) is 23.8 Å². The van der Waals surface area contributed by atoms with Gasteiger partial charge in [-0.25, -0.2) is 0 Å². The molecule has 0 radical (unpaired) electrons. The monoisotopic (exact) mass is 263 g/mol. The predicted molar refractivity (Wildman–Crippen MR) is 73.1 cm³/mol. The summed E-state index contributed by atoms with van der Waals surface area (Å²) in [6, 6.07) is 6.22. The molecule has 0 saturated carbocycles. The number of hydrogen-bond donors (Lipinski definition) is 0. The number of hydrogen-bond acceptors (Lipinski definition) is 1. The molecule has 0 heterocycles. The SMILES string of the molecule is CC(C)c1cccc(N(C)C)c1P(Cl)Cl. The third-order valence-corrected chi connectivity index (χ3v) is 4.16. The molecule has 1 rings (SSSR count). The van der Waals surface area contributed by atoms with Gasteiger partial charge in [0.1, 0.15) is 6.63 Å². The second kappa shape index (κ2) is 5.39. The van der Waals surface area contributed by atoms with Gasteiger partial charge in [0.05, 0.1) is 0 Å². The fourth-order valence-corrected chi connectivity index (χ4v) is 3.64. The van der Waals surface area contributed by atoms with Crippen LogP contribution in [0.15, 0.2) is 18.2 Å². The Bertz CT molecular complexity index is 311. The molecule has 4 heteroatoms. The van der Waals surface area contributed by atoms with Crippen molar-refractivity contribution in [2.75, 3.05) is 19.0 Å². The van der Waals surface area contributed by atoms with Gasteiger partial charge in [0.25, 0.3) is 0 Å². The van der Waals surface area contributed by atoms with Crippen LogP contribution in [0.25, 0.3) is 0 Å². The third kappa shape index (κ3) is 3.00. The van der Waals surface area contributed by atoms with Crippen LogP contribution in [0, 0.1) is 0 Å². The molecule has 0 aliphatic rings. The van der Waals surface area contributed by atoms with Crippen molar-refractivity contribution in [2.45, 2.75) is 19.8 Å². The molecule has 84 valence electrons. The van der Waals surface area contributed by atoms with Crippen molar-refractivity contribution in [1.29, 1.82) is 0 Å². The van der Waals surface area contributed by atoms with Crippen LogP contribution in [0.1, 0.15) is 25.3 Å². The molecule has 0 N–H and O–H groups in total. The van der Waals surface area contributed by atoms with Crippen LogP contribution in [0.4, 0.5) is 5.69 Å². The van der Waals surface area contributed by atoms with Crippen LogP contribution in [-0.2, 0) is 0 Å². The van der Waals surface area contributed by atoms with E-state index in [4.69, 9.17) is 22.5 Å². The molecule has 0 fully saturated rings. The van der Waals surface area contributed by atoms with Gasteiger partial charge >= 0.3 is 0 Å². The molecule has 0 unspecified atom stereocenters. The zero-order valence-electron chi connectivity index (χ0n) is 9.46. The van der Waals surface area contributed by atoms with E-state index in [1.165, 1.54) is 5.56 Å². The average molecular weight is 264 g/mol. The Hall–Kier alpha value is 0.0300. The number of benzene rings is 1. The summed E-state index contributed by atoms with van der Waals surface area (Å²) in [5.41, 5.74) is 2.37. The zero-order chi connectivity index (χ0) is 11.6. The first kappa shape index (κ1) is 13.1. The fourth-order valence-electron chi connectivity index (χ4n) is 1.56. The first-order valence-electron chi connectivity index (χ1n) is 4.87. The number of rotatable bonds is 3. The lowest BCUT2D eigenvalue weighted by Gasteiger charge is -2.22. The van der Waals surface area contributed by atoms with Crippen LogP contribution >= 0.6 is 29.1 Å². The summed E-state index contributed by atoms with van der Waals surface area (Å²) in [5, 5.41) is 1.09. The Morgan fingerprint density at radius 2 is 1.80 bits per heavy atom. The second-order valence-electron chi connectivity index (χ2n) is 4.00. The number of halogens is 2. The Kier molecular flexibility index (Phi) is 4.70. The summed E-state index contributed by atoms with van der Waals surface area (Å²) >= 11 is 12.2. The molecule has 1 aromatic rings. The summed E-state index contributed by atoms with van der Waals surface area (Å²) in [4.78, 5) is 2.06. The van der Waals surface area contributed by atoms with E-state index in [1.807, 2.05) is 14.1 Å². The Balaban J connectivity index is 3.35. The average Bonchev–Trinajstić information content (AvgIpc) is 2.16. The minimum absolute atomic E-state index is 0.447. The van der Waals surface area contributed by atoms with Gasteiger partial charge in [-0.05, 0) is 17.5 Å². The van der Waals surface area contributed by atoms with Crippen LogP contribution in [0.2, 0.25) is 0 Å². The van der Waals surface area contributed by atoms with E-state index in [0.717, 1.165) is 11.0 Å². The molecule has 1 aromatic carbocycles. The summed E-state index contributed by atoms with van der Waals surface area (Å²) in [6.07, 6.45) is 0. The molecule has 0 spiro atoms. The maximum atomic E-state index is 6.11. The van der Waals surface area contributed by atoms with E-state index < -0.39 is 6.63 Å². The molecule has 0 atom stereocenters. The van der Waals surface area contributed by atoms with Gasteiger partial charge in [-0.2, -0.15) is 0 Å². The maximum Gasteiger partial charge on any atom is 0.119 e. The van der Waals surface area contributed by atoms with Gasteiger partial charge in [-0.3, -0.25) is 0 Å². The van der Waals surface area contributed by atoms with Crippen LogP contribution < -0.4 is 10.2 Å². The van der Waals surface area contributed by atoms with Gasteiger partial charge in [0, 0.05) is 25.1 Å². The summed E-state index contributed by atoms with van der Waals surface area (Å²) in [5.74, 6) is 0.447. The minimum Gasteiger partial charge on any atom is -0.377 e. The summed E-state index contributed by atoms with van der Waals surface area (Å²) in [7, 11) is 4.02. The number of anilines is 1. The predicted octanol–water partition coefficient (Wildman–Crippen LogP) is 4.29. The molecule has 1 nitrogen and oxygen atoms in total. The molecular weight excluding hydrogens is 248 g/mol. The first-order valence-corrected chi connectivity index (χ1v) is 8.02. The fraction of sp³-hybridized carbons (Fsp3) is 0.455. The van der Waals surface area contributed by atoms with E-state index in [9.17, 15) is 0 Å². The third-order valence-electron chi connectivity index (χ3n) is 2.32. The van der Waals surface area contributed by atoms with Crippen molar-refractivity contribution in [3.8, 4) is 0 Å². The van der Waals surface area contributed by atoms with E-state index in [1.54, 1.807) is 0 Å². The molecule has 15 heavy (non-hydrogen) atoms. The van der Waals surface area contributed by atoms with Crippen molar-refractivity contribution in [3.63, 3.8) is 0 Å². The van der Waals surface area contributed by atoms with Gasteiger partial charge in [-0.15, -0.1) is 0 Å². The van der Waals surface area contributed by atoms with E-state index in [-0.39, 0.29) is 0 Å². The molecule has 0 aromatic heterocycles. The Labute approximate surface area is 103 Å². The smallest absolute Gasteiger partial charge is 0.119 e. The van der Waals surface area contributed by atoms with Crippen molar-refractivity contribution >= 4 is 40.1 Å². The molecule has 0 aliphatic heterocycles. The van der Waals surface area contributed by atoms with Gasteiger partial charge in [0.15, 0.2) is 0 Å². The highest BCUT2D eigenvalue weighted by atomic mass is 35.9. The summed E-state index contributed by atoms with van der Waals surface area (Å²) < 4.78 is 0. The molecular formula is C11H16Cl2NP. The quantitative estimate of drug-likeness (QED) is 0.736. The van der Waals surface area contributed by atoms with Gasteiger partial charge < -0.3 is 4.90 Å². The highest BCUT2D eigenvalue weighted by Crippen LogP contribution is 2.49. The lowest BCUT2D eigenvalue weighted by molar-refractivity contribution is 0.873. The maximum absolute atomic E-state index is 6.11. The normalized spacial score (nSPS) is 11.2. The largest absolute Gasteiger partial charge is 0.377 e. The Morgan fingerprint density at radius 3 is 2.20 bits per heavy atom. The summed E-state index contributed by atoms with van der Waals surface area (Å²) in [6.45, 7) is 3.22. The van der Waals surface area contributed by atoms with Crippen molar-refractivity contribution in [1.82, 2.24) is 0 Å². The topological polar surface area (TPSA) is 3.24 Å². The van der Waals surface area contributed by atoms with E-state index >= 15 is 0 Å². The highest BCUT2D eigenvalue weighted by molar-refractivity contribution is 8.09. The molecule has 0 amide bonds. The zero-order valence-corrected chi connectivity index (χ0v) is 11.9. The van der Waals surface area contributed by atoms with E-state index in [0.29, 0.717) is 5.92 Å². The Morgan fingerprint density at radius 1 is 1.20 bits per heavy atom. The lowest BCUT2D eigenvalue weighted by Crippen LogP contribution is -2.19. The van der Waals surface area contributed by atoms with E-state index in [2.05, 4.69) is 36.9 Å². The molecule has 0 saturated heterocycles. The molecule has 0 aliphatic carbocycles. The lowest BCUT2D eigenvalue weighted by atomic mass is 10.0. The minimum atomic E-state index is -1.10. The van der Waals surface area contributed by atoms with Gasteiger partial charge in [0.2, 0.25) is 0 Å². The number of nitrogens with zero attached hydrogens (tertiary/aromatic N) is 1. The van der Waals surface area contributed by atoms with Crippen LogP contribution in [-0.4, -0.2) is 14.1 Å². The van der Waals surface area contributed by atoms with Crippen LogP contribution in [0.3, 0.4) is 0 Å². The highest BCUT2D eigenvalue weighted by Gasteiger charge is 2.18. The molecule has 0 bridgehead atoms.